The van der Waals surface area contributed by atoms with Gasteiger partial charge in [0.05, 0.1) is 6.61 Å². The summed E-state index contributed by atoms with van der Waals surface area (Å²) in [6, 6.07) is 21.5. The topological polar surface area (TPSA) is 26.3 Å². The number of ketones is 1. The van der Waals surface area contributed by atoms with Gasteiger partial charge in [0.1, 0.15) is 11.6 Å². The zero-order chi connectivity index (χ0) is 20.2. The van der Waals surface area contributed by atoms with Crippen LogP contribution in [0.5, 0.6) is 5.75 Å². The van der Waals surface area contributed by atoms with Gasteiger partial charge in [0.2, 0.25) is 0 Å². The Morgan fingerprint density at radius 1 is 0.759 bits per heavy atom. The van der Waals surface area contributed by atoms with Crippen LogP contribution in [-0.4, -0.2) is 12.4 Å². The summed E-state index contributed by atoms with van der Waals surface area (Å²) < 4.78 is 20.2. The Bertz CT molecular complexity index is 1180. The van der Waals surface area contributed by atoms with Gasteiger partial charge in [-0.2, -0.15) is 0 Å². The molecule has 0 bridgehead atoms. The van der Waals surface area contributed by atoms with Crippen molar-refractivity contribution in [1.82, 2.24) is 0 Å². The minimum absolute atomic E-state index is 0.116. The summed E-state index contributed by atoms with van der Waals surface area (Å²) in [6.07, 6.45) is 3.28. The largest absolute Gasteiger partial charge is 0.493 e. The van der Waals surface area contributed by atoms with Crippen molar-refractivity contribution in [3.05, 3.63) is 89.7 Å². The van der Waals surface area contributed by atoms with Crippen molar-refractivity contribution in [3.8, 4) is 5.75 Å². The lowest BCUT2D eigenvalue weighted by Crippen LogP contribution is -2.05. The summed E-state index contributed by atoms with van der Waals surface area (Å²) >= 11 is 0. The summed E-state index contributed by atoms with van der Waals surface area (Å²) in [5, 5.41) is 2.85. The van der Waals surface area contributed by atoms with Crippen LogP contribution in [0.3, 0.4) is 0 Å². The van der Waals surface area contributed by atoms with Crippen molar-refractivity contribution < 1.29 is 13.9 Å². The van der Waals surface area contributed by atoms with E-state index in [1.807, 2.05) is 42.5 Å². The molecule has 3 heteroatoms. The molecule has 0 fully saturated rings. The number of unbranched alkanes of at least 4 members (excludes halogenated alkanes) is 2. The van der Waals surface area contributed by atoms with Gasteiger partial charge in [0, 0.05) is 21.9 Å². The second-order valence-electron chi connectivity index (χ2n) is 7.18. The van der Waals surface area contributed by atoms with Gasteiger partial charge in [-0.25, -0.2) is 4.39 Å². The molecule has 0 saturated carbocycles. The van der Waals surface area contributed by atoms with E-state index >= 15 is 0 Å². The second-order valence-corrected chi connectivity index (χ2v) is 7.18. The Kier molecular flexibility index (Phi) is 5.57. The van der Waals surface area contributed by atoms with Gasteiger partial charge in [-0.1, -0.05) is 68.3 Å². The van der Waals surface area contributed by atoms with Crippen molar-refractivity contribution in [2.24, 2.45) is 0 Å². The Balaban J connectivity index is 1.77. The van der Waals surface area contributed by atoms with Gasteiger partial charge in [-0.05, 0) is 41.5 Å². The summed E-state index contributed by atoms with van der Waals surface area (Å²) in [4.78, 5) is 13.4. The molecule has 0 aliphatic carbocycles. The highest BCUT2D eigenvalue weighted by Gasteiger charge is 2.18. The minimum atomic E-state index is -0.321. The molecule has 0 heterocycles. The van der Waals surface area contributed by atoms with Crippen LogP contribution >= 0.6 is 0 Å². The van der Waals surface area contributed by atoms with Crippen LogP contribution < -0.4 is 4.74 Å². The molecule has 0 amide bonds. The van der Waals surface area contributed by atoms with Crippen LogP contribution in [0, 0.1) is 5.82 Å². The fourth-order valence-corrected chi connectivity index (χ4v) is 3.73. The molecule has 0 unspecified atom stereocenters. The molecular formula is C26H23FO2. The van der Waals surface area contributed by atoms with Gasteiger partial charge in [0.25, 0.3) is 0 Å². The van der Waals surface area contributed by atoms with Gasteiger partial charge in [-0.3, -0.25) is 4.79 Å². The Morgan fingerprint density at radius 3 is 2.03 bits per heavy atom. The van der Waals surface area contributed by atoms with Crippen molar-refractivity contribution in [2.45, 2.75) is 26.2 Å². The second kappa shape index (κ2) is 8.44. The first-order valence-corrected chi connectivity index (χ1v) is 10.1. The van der Waals surface area contributed by atoms with Crippen LogP contribution in [0.2, 0.25) is 0 Å². The maximum Gasteiger partial charge on any atom is 0.194 e. The number of carbonyl (C=O) groups excluding carboxylic acids is 1. The summed E-state index contributed by atoms with van der Waals surface area (Å²) in [5.41, 5.74) is 1.10. The lowest BCUT2D eigenvalue weighted by Gasteiger charge is -2.13. The monoisotopic (exact) mass is 386 g/mol. The number of hydrogen-bond donors (Lipinski definition) is 0. The molecular weight excluding hydrogens is 363 g/mol. The number of halogens is 1. The quantitative estimate of drug-likeness (QED) is 0.254. The molecule has 0 N–H and O–H groups in total. The highest BCUT2D eigenvalue weighted by molar-refractivity contribution is 6.21. The van der Waals surface area contributed by atoms with Crippen molar-refractivity contribution in [1.29, 1.82) is 0 Å². The molecule has 29 heavy (non-hydrogen) atoms. The standard InChI is InChI=1S/C26H23FO2/c1-2-3-8-17-29-25-16-14-23(19-10-5-7-12-21(19)25)26(28)22-13-15-24(27)20-11-6-4-9-18(20)22/h4-7,9-16H,2-3,8,17H2,1H3. The lowest BCUT2D eigenvalue weighted by atomic mass is 9.93. The van der Waals surface area contributed by atoms with Gasteiger partial charge in [0.15, 0.2) is 5.78 Å². The molecule has 0 aromatic heterocycles. The molecule has 146 valence electrons. The van der Waals surface area contributed by atoms with E-state index in [0.717, 1.165) is 35.8 Å². The normalized spacial score (nSPS) is 11.1. The van der Waals surface area contributed by atoms with E-state index < -0.39 is 0 Å². The van der Waals surface area contributed by atoms with E-state index in [4.69, 9.17) is 4.74 Å². The maximum absolute atomic E-state index is 14.2. The number of benzene rings is 4. The molecule has 0 atom stereocenters. The van der Waals surface area contributed by atoms with Crippen LogP contribution in [0.15, 0.2) is 72.8 Å². The van der Waals surface area contributed by atoms with Crippen molar-refractivity contribution in [3.63, 3.8) is 0 Å². The Morgan fingerprint density at radius 2 is 1.34 bits per heavy atom. The van der Waals surface area contributed by atoms with Crippen LogP contribution in [0.25, 0.3) is 21.5 Å². The third-order valence-corrected chi connectivity index (χ3v) is 5.25. The maximum atomic E-state index is 14.2. The molecule has 4 aromatic rings. The van der Waals surface area contributed by atoms with Crippen molar-refractivity contribution in [2.75, 3.05) is 6.61 Å². The highest BCUT2D eigenvalue weighted by Crippen LogP contribution is 2.32. The Labute approximate surface area is 169 Å². The third-order valence-electron chi connectivity index (χ3n) is 5.25. The fourth-order valence-electron chi connectivity index (χ4n) is 3.73. The predicted molar refractivity (Wildman–Crippen MR) is 116 cm³/mol. The Hall–Kier alpha value is -3.20. The summed E-state index contributed by atoms with van der Waals surface area (Å²) in [5.74, 6) is 0.352. The molecule has 4 rings (SSSR count). The first-order valence-electron chi connectivity index (χ1n) is 10.1. The number of rotatable bonds is 7. The van der Waals surface area contributed by atoms with E-state index in [1.54, 1.807) is 24.3 Å². The van der Waals surface area contributed by atoms with Crippen molar-refractivity contribution >= 4 is 27.3 Å². The minimum Gasteiger partial charge on any atom is -0.493 e. The fraction of sp³-hybridized carbons (Fsp3) is 0.192. The first kappa shape index (κ1) is 19.1. The molecule has 0 saturated heterocycles. The molecule has 0 radical (unpaired) electrons. The smallest absolute Gasteiger partial charge is 0.194 e. The van der Waals surface area contributed by atoms with E-state index in [2.05, 4.69) is 6.92 Å². The average Bonchev–Trinajstić information content (AvgIpc) is 2.77. The number of carbonyl (C=O) groups is 1. The van der Waals surface area contributed by atoms with Gasteiger partial charge >= 0.3 is 0 Å². The molecule has 4 aromatic carbocycles. The van der Waals surface area contributed by atoms with E-state index in [-0.39, 0.29) is 11.6 Å². The zero-order valence-corrected chi connectivity index (χ0v) is 16.5. The first-order chi connectivity index (χ1) is 14.2. The van der Waals surface area contributed by atoms with Crippen LogP contribution in [0.4, 0.5) is 4.39 Å². The molecule has 0 spiro atoms. The zero-order valence-electron chi connectivity index (χ0n) is 16.5. The molecule has 0 aliphatic rings. The van der Waals surface area contributed by atoms with E-state index in [1.165, 1.54) is 6.07 Å². The summed E-state index contributed by atoms with van der Waals surface area (Å²) in [6.45, 7) is 2.82. The lowest BCUT2D eigenvalue weighted by molar-refractivity contribution is 0.104. The van der Waals surface area contributed by atoms with Crippen LogP contribution in [0.1, 0.15) is 42.1 Å². The van der Waals surface area contributed by atoms with E-state index in [0.29, 0.717) is 28.5 Å². The predicted octanol–water partition coefficient (Wildman–Crippen LogP) is 6.93. The van der Waals surface area contributed by atoms with Crippen LogP contribution in [-0.2, 0) is 0 Å². The average molecular weight is 386 g/mol. The molecule has 2 nitrogen and oxygen atoms in total. The highest BCUT2D eigenvalue weighted by atomic mass is 19.1. The SMILES string of the molecule is CCCCCOc1ccc(C(=O)c2ccc(F)c3ccccc23)c2ccccc12. The molecule has 0 aliphatic heterocycles. The third kappa shape index (κ3) is 3.73. The number of fused-ring (bicyclic) bond motifs is 2. The van der Waals surface area contributed by atoms with Gasteiger partial charge in [-0.15, -0.1) is 0 Å². The summed E-state index contributed by atoms with van der Waals surface area (Å²) in [7, 11) is 0. The number of hydrogen-bond acceptors (Lipinski definition) is 2. The van der Waals surface area contributed by atoms with Gasteiger partial charge < -0.3 is 4.74 Å². The number of ether oxygens (including phenoxy) is 1. The van der Waals surface area contributed by atoms with E-state index in [9.17, 15) is 9.18 Å².